The smallest absolute Gasteiger partial charge is 0.230 e. The van der Waals surface area contributed by atoms with E-state index in [1.165, 1.54) is 35.0 Å². The molecular weight excluding hydrogens is 361 g/mol. The summed E-state index contributed by atoms with van der Waals surface area (Å²) in [6.07, 6.45) is 3.40. The minimum absolute atomic E-state index is 0.0691. The highest BCUT2D eigenvalue weighted by atomic mass is 32.2. The highest BCUT2D eigenvalue weighted by molar-refractivity contribution is 7.99. The van der Waals surface area contributed by atoms with Gasteiger partial charge >= 0.3 is 0 Å². The molecule has 0 aliphatic rings. The fourth-order valence-electron chi connectivity index (χ4n) is 2.75. The highest BCUT2D eigenvalue weighted by Gasteiger charge is 2.13. The maximum Gasteiger partial charge on any atom is 0.230 e. The lowest BCUT2D eigenvalue weighted by Crippen LogP contribution is -2.28. The first kappa shape index (κ1) is 19.2. The third-order valence-corrected chi connectivity index (χ3v) is 5.40. The van der Waals surface area contributed by atoms with Crippen LogP contribution in [0.2, 0.25) is 0 Å². The van der Waals surface area contributed by atoms with Crippen molar-refractivity contribution in [3.63, 3.8) is 0 Å². The van der Waals surface area contributed by atoms with Crippen LogP contribution in [0.4, 0.5) is 4.39 Å². The molecule has 3 rings (SSSR count). The van der Waals surface area contributed by atoms with Crippen molar-refractivity contribution in [1.29, 1.82) is 0 Å². The van der Waals surface area contributed by atoms with Crippen LogP contribution in [0.15, 0.2) is 60.0 Å². The number of aryl methyl sites for hydroxylation is 2. The number of halogens is 1. The molecular formula is C21H22FN3OS. The number of nitrogens with zero attached hydrogens (tertiary/aromatic N) is 2. The lowest BCUT2D eigenvalue weighted by Gasteiger charge is -2.15. The summed E-state index contributed by atoms with van der Waals surface area (Å²) in [6, 6.07) is 12.4. The average Bonchev–Trinajstić information content (AvgIpc) is 3.11. The molecule has 0 aliphatic heterocycles. The van der Waals surface area contributed by atoms with Crippen LogP contribution in [0.1, 0.15) is 29.7 Å². The summed E-state index contributed by atoms with van der Waals surface area (Å²) in [5, 5.41) is 3.66. The number of nitrogens with one attached hydrogen (secondary N) is 1. The highest BCUT2D eigenvalue weighted by Crippen LogP contribution is 2.22. The third-order valence-electron chi connectivity index (χ3n) is 4.43. The topological polar surface area (TPSA) is 46.9 Å². The second kappa shape index (κ2) is 8.39. The molecule has 0 unspecified atom stereocenters. The number of carbonyl (C=O) groups is 1. The minimum Gasteiger partial charge on any atom is -0.349 e. The second-order valence-corrected chi connectivity index (χ2v) is 7.42. The van der Waals surface area contributed by atoms with Crippen molar-refractivity contribution in [1.82, 2.24) is 14.9 Å². The van der Waals surface area contributed by atoms with Gasteiger partial charge in [0.05, 0.1) is 17.5 Å². The SMILES string of the molecule is Cc1ccc([C@H](C)NC(=O)CSc2nccn2-c2cccc(F)c2)cc1C. The van der Waals surface area contributed by atoms with E-state index in [1.54, 1.807) is 29.1 Å². The number of imidazole rings is 1. The van der Waals surface area contributed by atoms with Crippen LogP contribution in [0.5, 0.6) is 0 Å². The number of benzene rings is 2. The molecule has 0 radical (unpaired) electrons. The summed E-state index contributed by atoms with van der Waals surface area (Å²) < 4.78 is 15.2. The Hall–Kier alpha value is -2.60. The zero-order chi connectivity index (χ0) is 19.4. The van der Waals surface area contributed by atoms with E-state index in [0.29, 0.717) is 10.8 Å². The Morgan fingerprint density at radius 3 is 2.78 bits per heavy atom. The van der Waals surface area contributed by atoms with Gasteiger partial charge in [-0.15, -0.1) is 0 Å². The van der Waals surface area contributed by atoms with Gasteiger partial charge in [0.2, 0.25) is 5.91 Å². The average molecular weight is 383 g/mol. The minimum atomic E-state index is -0.308. The molecule has 0 saturated carbocycles. The monoisotopic (exact) mass is 383 g/mol. The number of amides is 1. The van der Waals surface area contributed by atoms with E-state index in [-0.39, 0.29) is 23.5 Å². The van der Waals surface area contributed by atoms with Gasteiger partial charge in [0.1, 0.15) is 5.82 Å². The van der Waals surface area contributed by atoms with Gasteiger partial charge in [0.15, 0.2) is 5.16 Å². The molecule has 1 heterocycles. The predicted octanol–water partition coefficient (Wildman–Crippen LogP) is 4.60. The van der Waals surface area contributed by atoms with Crippen molar-refractivity contribution >= 4 is 17.7 Å². The van der Waals surface area contributed by atoms with Gasteiger partial charge in [0.25, 0.3) is 0 Å². The molecule has 0 saturated heterocycles. The summed E-state index contributed by atoms with van der Waals surface area (Å²) in [5.41, 5.74) is 4.20. The third kappa shape index (κ3) is 4.77. The zero-order valence-corrected chi connectivity index (χ0v) is 16.4. The number of rotatable bonds is 6. The normalized spacial score (nSPS) is 12.0. The van der Waals surface area contributed by atoms with Crippen LogP contribution in [0.3, 0.4) is 0 Å². The largest absolute Gasteiger partial charge is 0.349 e. The first-order valence-corrected chi connectivity index (χ1v) is 9.71. The molecule has 1 aromatic heterocycles. The van der Waals surface area contributed by atoms with E-state index in [0.717, 1.165) is 5.56 Å². The first-order chi connectivity index (χ1) is 12.9. The lowest BCUT2D eigenvalue weighted by atomic mass is 10.0. The summed E-state index contributed by atoms with van der Waals surface area (Å²) >= 11 is 1.32. The molecule has 0 bridgehead atoms. The number of carbonyl (C=O) groups excluding carboxylic acids is 1. The van der Waals surface area contributed by atoms with Gasteiger partial charge in [-0.3, -0.25) is 9.36 Å². The predicted molar refractivity (Wildman–Crippen MR) is 107 cm³/mol. The lowest BCUT2D eigenvalue weighted by molar-refractivity contribution is -0.119. The van der Waals surface area contributed by atoms with Gasteiger partial charge in [-0.2, -0.15) is 0 Å². The Bertz CT molecular complexity index is 954. The van der Waals surface area contributed by atoms with E-state index in [1.807, 2.05) is 13.0 Å². The van der Waals surface area contributed by atoms with Crippen LogP contribution < -0.4 is 5.32 Å². The van der Waals surface area contributed by atoms with Crippen molar-refractivity contribution in [3.8, 4) is 5.69 Å². The van der Waals surface area contributed by atoms with Crippen molar-refractivity contribution < 1.29 is 9.18 Å². The second-order valence-electron chi connectivity index (χ2n) is 6.48. The molecule has 0 spiro atoms. The van der Waals surface area contributed by atoms with Crippen LogP contribution in [0.25, 0.3) is 5.69 Å². The van der Waals surface area contributed by atoms with Crippen molar-refractivity contribution in [3.05, 3.63) is 77.4 Å². The van der Waals surface area contributed by atoms with Crippen LogP contribution in [-0.4, -0.2) is 21.2 Å². The fraction of sp³-hybridized carbons (Fsp3) is 0.238. The van der Waals surface area contributed by atoms with E-state index in [9.17, 15) is 9.18 Å². The maximum atomic E-state index is 13.5. The Balaban J connectivity index is 1.61. The molecule has 1 atom stereocenters. The van der Waals surface area contributed by atoms with Gasteiger partial charge in [-0.1, -0.05) is 36.0 Å². The summed E-state index contributed by atoms with van der Waals surface area (Å²) in [4.78, 5) is 16.6. The van der Waals surface area contributed by atoms with Crippen LogP contribution in [-0.2, 0) is 4.79 Å². The summed E-state index contributed by atoms with van der Waals surface area (Å²) in [7, 11) is 0. The van der Waals surface area contributed by atoms with Gasteiger partial charge in [-0.25, -0.2) is 9.37 Å². The molecule has 27 heavy (non-hydrogen) atoms. The number of hydrogen-bond donors (Lipinski definition) is 1. The van der Waals surface area contributed by atoms with E-state index >= 15 is 0 Å². The molecule has 0 aliphatic carbocycles. The molecule has 0 fully saturated rings. The molecule has 2 aromatic carbocycles. The maximum absolute atomic E-state index is 13.5. The van der Waals surface area contributed by atoms with Crippen LogP contribution in [0, 0.1) is 19.7 Å². The first-order valence-electron chi connectivity index (χ1n) is 8.72. The molecule has 4 nitrogen and oxygen atoms in total. The van der Waals surface area contributed by atoms with Crippen molar-refractivity contribution in [2.75, 3.05) is 5.75 Å². The zero-order valence-electron chi connectivity index (χ0n) is 15.6. The van der Waals surface area contributed by atoms with Crippen molar-refractivity contribution in [2.45, 2.75) is 32.0 Å². The number of hydrogen-bond acceptors (Lipinski definition) is 3. The summed E-state index contributed by atoms with van der Waals surface area (Å²) in [6.45, 7) is 6.11. The quantitative estimate of drug-likeness (QED) is 0.633. The van der Waals surface area contributed by atoms with Gasteiger partial charge in [-0.05, 0) is 55.7 Å². The van der Waals surface area contributed by atoms with Gasteiger partial charge < -0.3 is 5.32 Å². The van der Waals surface area contributed by atoms with Crippen LogP contribution >= 0.6 is 11.8 Å². The Labute approximate surface area is 162 Å². The Morgan fingerprint density at radius 1 is 1.22 bits per heavy atom. The fourth-order valence-corrected chi connectivity index (χ4v) is 3.53. The molecule has 6 heteroatoms. The molecule has 1 N–H and O–H groups in total. The molecule has 1 amide bonds. The van der Waals surface area contributed by atoms with E-state index in [2.05, 4.69) is 36.3 Å². The molecule has 140 valence electrons. The Kier molecular flexibility index (Phi) is 5.96. The number of aromatic nitrogens is 2. The standard InChI is InChI=1S/C21H22FN3OS/c1-14-7-8-17(11-15(14)2)16(3)24-20(26)13-27-21-23-9-10-25(21)19-6-4-5-18(22)12-19/h4-12,16H,13H2,1-3H3,(H,24,26)/t16-/m0/s1. The molecule has 3 aromatic rings. The van der Waals surface area contributed by atoms with Crippen molar-refractivity contribution in [2.24, 2.45) is 0 Å². The van der Waals surface area contributed by atoms with E-state index in [4.69, 9.17) is 0 Å². The Morgan fingerprint density at radius 2 is 2.04 bits per heavy atom. The summed E-state index contributed by atoms with van der Waals surface area (Å²) in [5.74, 6) is -0.141. The number of thioether (sulfide) groups is 1. The van der Waals surface area contributed by atoms with E-state index < -0.39 is 0 Å². The van der Waals surface area contributed by atoms with Gasteiger partial charge in [0, 0.05) is 12.4 Å².